The Morgan fingerprint density at radius 3 is 2.84 bits per heavy atom. The molecule has 0 N–H and O–H groups in total. The van der Waals surface area contributed by atoms with Gasteiger partial charge in [-0.15, -0.1) is 11.6 Å². The molecule has 0 saturated heterocycles. The molecule has 19 heavy (non-hydrogen) atoms. The molecule has 2 rings (SSSR count). The van der Waals surface area contributed by atoms with Crippen LogP contribution in [0.2, 0.25) is 0 Å². The van der Waals surface area contributed by atoms with Crippen molar-refractivity contribution in [3.63, 3.8) is 0 Å². The average Bonchev–Trinajstić information content (AvgIpc) is 2.38. The van der Waals surface area contributed by atoms with Gasteiger partial charge in [-0.25, -0.2) is 0 Å². The van der Waals surface area contributed by atoms with Crippen LogP contribution in [0.3, 0.4) is 0 Å². The highest BCUT2D eigenvalue weighted by Gasteiger charge is 2.36. The number of hydrogen-bond donors (Lipinski definition) is 0. The highest BCUT2D eigenvalue weighted by molar-refractivity contribution is 6.21. The number of benzene rings is 1. The third-order valence-corrected chi connectivity index (χ3v) is 5.05. The van der Waals surface area contributed by atoms with E-state index in [9.17, 15) is 0 Å². The van der Waals surface area contributed by atoms with Gasteiger partial charge in [0.1, 0.15) is 5.75 Å². The largest absolute Gasteiger partial charge is 0.497 e. The molecule has 1 nitrogen and oxygen atoms in total. The van der Waals surface area contributed by atoms with Gasteiger partial charge in [0.15, 0.2) is 0 Å². The van der Waals surface area contributed by atoms with E-state index in [4.69, 9.17) is 16.3 Å². The number of halogens is 1. The van der Waals surface area contributed by atoms with E-state index in [1.165, 1.54) is 31.2 Å². The summed E-state index contributed by atoms with van der Waals surface area (Å²) in [6, 6.07) is 8.28. The van der Waals surface area contributed by atoms with Crippen molar-refractivity contribution in [2.24, 2.45) is 11.3 Å². The molecular weight excluding hydrogens is 256 g/mol. The summed E-state index contributed by atoms with van der Waals surface area (Å²) in [5, 5.41) is 0.224. The molecule has 2 unspecified atom stereocenters. The highest BCUT2D eigenvalue weighted by Crippen LogP contribution is 2.44. The zero-order valence-corrected chi connectivity index (χ0v) is 13.0. The smallest absolute Gasteiger partial charge is 0.119 e. The molecule has 0 aliphatic heterocycles. The van der Waals surface area contributed by atoms with Gasteiger partial charge in [-0.05, 0) is 48.3 Å². The Morgan fingerprint density at radius 1 is 1.37 bits per heavy atom. The van der Waals surface area contributed by atoms with Crippen LogP contribution < -0.4 is 4.74 Å². The molecule has 1 aliphatic rings. The second kappa shape index (κ2) is 6.17. The first kappa shape index (κ1) is 14.7. The monoisotopic (exact) mass is 280 g/mol. The van der Waals surface area contributed by atoms with Crippen LogP contribution in [0.4, 0.5) is 0 Å². The van der Waals surface area contributed by atoms with Crippen LogP contribution in [0.5, 0.6) is 5.75 Å². The van der Waals surface area contributed by atoms with Crippen molar-refractivity contribution < 1.29 is 4.74 Å². The Kier molecular flexibility index (Phi) is 4.78. The van der Waals surface area contributed by atoms with E-state index < -0.39 is 0 Å². The molecule has 1 aromatic carbocycles. The summed E-state index contributed by atoms with van der Waals surface area (Å²) in [5.74, 6) is 1.54. The van der Waals surface area contributed by atoms with E-state index in [-0.39, 0.29) is 5.38 Å². The van der Waals surface area contributed by atoms with Crippen LogP contribution in [0, 0.1) is 11.3 Å². The third-order valence-electron chi connectivity index (χ3n) is 4.59. The van der Waals surface area contributed by atoms with E-state index in [1.807, 2.05) is 12.1 Å². The minimum atomic E-state index is 0.224. The first-order valence-electron chi connectivity index (χ1n) is 7.30. The lowest BCUT2D eigenvalue weighted by atomic mass is 9.67. The van der Waals surface area contributed by atoms with Crippen molar-refractivity contribution >= 4 is 11.6 Å². The summed E-state index contributed by atoms with van der Waals surface area (Å²) >= 11 is 6.73. The lowest BCUT2D eigenvalue weighted by Gasteiger charge is -2.41. The average molecular weight is 281 g/mol. The molecule has 106 valence electrons. The predicted molar refractivity (Wildman–Crippen MR) is 82.1 cm³/mol. The maximum Gasteiger partial charge on any atom is 0.119 e. The summed E-state index contributed by atoms with van der Waals surface area (Å²) < 4.78 is 5.28. The maximum absolute atomic E-state index is 6.73. The van der Waals surface area contributed by atoms with Crippen LogP contribution in [0.1, 0.15) is 45.1 Å². The van der Waals surface area contributed by atoms with E-state index >= 15 is 0 Å². The molecule has 1 aromatic rings. The number of rotatable bonds is 4. The summed E-state index contributed by atoms with van der Waals surface area (Å²) in [5.41, 5.74) is 1.66. The Bertz CT molecular complexity index is 413. The van der Waals surface area contributed by atoms with Crippen molar-refractivity contribution in [2.45, 2.75) is 51.3 Å². The predicted octanol–water partition coefficient (Wildman–Crippen LogP) is 5.06. The molecule has 1 saturated carbocycles. The van der Waals surface area contributed by atoms with Gasteiger partial charge in [-0.1, -0.05) is 38.8 Å². The molecular formula is C17H25ClO. The van der Waals surface area contributed by atoms with Gasteiger partial charge in [0.25, 0.3) is 0 Å². The van der Waals surface area contributed by atoms with E-state index in [0.29, 0.717) is 11.3 Å². The fourth-order valence-electron chi connectivity index (χ4n) is 3.36. The van der Waals surface area contributed by atoms with Crippen molar-refractivity contribution in [3.8, 4) is 5.75 Å². The van der Waals surface area contributed by atoms with Gasteiger partial charge in [0.05, 0.1) is 7.11 Å². The number of alkyl halides is 1. The molecule has 0 aromatic heterocycles. The third kappa shape index (κ3) is 3.66. The van der Waals surface area contributed by atoms with Crippen molar-refractivity contribution in [1.29, 1.82) is 0 Å². The van der Waals surface area contributed by atoms with Crippen LogP contribution in [-0.4, -0.2) is 12.5 Å². The van der Waals surface area contributed by atoms with Crippen LogP contribution in [-0.2, 0) is 6.42 Å². The molecule has 1 aliphatic carbocycles. The summed E-state index contributed by atoms with van der Waals surface area (Å²) in [7, 11) is 1.71. The summed E-state index contributed by atoms with van der Waals surface area (Å²) in [6.45, 7) is 4.75. The van der Waals surface area contributed by atoms with E-state index in [1.54, 1.807) is 7.11 Å². The Morgan fingerprint density at radius 2 is 2.16 bits per heavy atom. The SMILES string of the molecule is COc1cccc(CC(Cl)C2CCCCC2(C)C)c1. The molecule has 0 spiro atoms. The quantitative estimate of drug-likeness (QED) is 0.700. The first-order valence-corrected chi connectivity index (χ1v) is 7.73. The Balaban J connectivity index is 2.05. The van der Waals surface area contributed by atoms with Crippen molar-refractivity contribution in [2.75, 3.05) is 7.11 Å². The fraction of sp³-hybridized carbons (Fsp3) is 0.647. The van der Waals surface area contributed by atoms with Gasteiger partial charge in [-0.2, -0.15) is 0 Å². The van der Waals surface area contributed by atoms with Gasteiger partial charge in [-0.3, -0.25) is 0 Å². The zero-order valence-electron chi connectivity index (χ0n) is 12.3. The normalized spacial score (nSPS) is 23.9. The van der Waals surface area contributed by atoms with E-state index in [2.05, 4.69) is 26.0 Å². The van der Waals surface area contributed by atoms with Crippen LogP contribution in [0.25, 0.3) is 0 Å². The molecule has 2 atom stereocenters. The van der Waals surface area contributed by atoms with Gasteiger partial charge in [0, 0.05) is 5.38 Å². The minimum Gasteiger partial charge on any atom is -0.497 e. The van der Waals surface area contributed by atoms with E-state index in [0.717, 1.165) is 12.2 Å². The van der Waals surface area contributed by atoms with Crippen LogP contribution in [0.15, 0.2) is 24.3 Å². The second-order valence-corrected chi connectivity index (χ2v) is 6.97. The molecule has 0 heterocycles. The number of ether oxygens (including phenoxy) is 1. The molecule has 2 heteroatoms. The van der Waals surface area contributed by atoms with Crippen LogP contribution >= 0.6 is 11.6 Å². The standard InChI is InChI=1S/C17H25ClO/c1-17(2)10-5-4-9-15(17)16(18)12-13-7-6-8-14(11-13)19-3/h6-8,11,15-16H,4-5,9-10,12H2,1-3H3. The fourth-order valence-corrected chi connectivity index (χ4v) is 4.00. The molecule has 0 amide bonds. The molecule has 1 fully saturated rings. The lowest BCUT2D eigenvalue weighted by molar-refractivity contribution is 0.133. The summed E-state index contributed by atoms with van der Waals surface area (Å²) in [4.78, 5) is 0. The maximum atomic E-state index is 6.73. The first-order chi connectivity index (χ1) is 9.03. The number of methoxy groups -OCH3 is 1. The van der Waals surface area contributed by atoms with Crippen molar-refractivity contribution in [3.05, 3.63) is 29.8 Å². The zero-order chi connectivity index (χ0) is 13.9. The van der Waals surface area contributed by atoms with Gasteiger partial charge in [0.2, 0.25) is 0 Å². The molecule has 0 radical (unpaired) electrons. The Labute approximate surface area is 122 Å². The topological polar surface area (TPSA) is 9.23 Å². The molecule has 0 bridgehead atoms. The number of hydrogen-bond acceptors (Lipinski definition) is 1. The lowest BCUT2D eigenvalue weighted by Crippen LogP contribution is -2.35. The summed E-state index contributed by atoms with van der Waals surface area (Å²) in [6.07, 6.45) is 6.19. The highest BCUT2D eigenvalue weighted by atomic mass is 35.5. The van der Waals surface area contributed by atoms with Gasteiger partial charge < -0.3 is 4.74 Å². The minimum absolute atomic E-state index is 0.224. The van der Waals surface area contributed by atoms with Crippen molar-refractivity contribution in [1.82, 2.24) is 0 Å². The van der Waals surface area contributed by atoms with Gasteiger partial charge >= 0.3 is 0 Å². The Hall–Kier alpha value is -0.690. The second-order valence-electron chi connectivity index (χ2n) is 6.41.